The minimum Gasteiger partial charge on any atom is -0.335 e. The summed E-state index contributed by atoms with van der Waals surface area (Å²) in [5.41, 5.74) is 2.03. The molecule has 136 valence electrons. The average Bonchev–Trinajstić information content (AvgIpc) is 3.42. The van der Waals surface area contributed by atoms with Crippen LogP contribution in [0.2, 0.25) is 0 Å². The molecule has 0 saturated heterocycles. The number of nitrogens with one attached hydrogen (secondary N) is 2. The van der Waals surface area contributed by atoms with E-state index < -0.39 is 0 Å². The van der Waals surface area contributed by atoms with Gasteiger partial charge < -0.3 is 10.6 Å². The largest absolute Gasteiger partial charge is 0.335 e. The van der Waals surface area contributed by atoms with Gasteiger partial charge in [0.2, 0.25) is 0 Å². The number of para-hydroxylation sites is 1. The van der Waals surface area contributed by atoms with Gasteiger partial charge in [0.1, 0.15) is 0 Å². The Hall–Kier alpha value is -2.30. The van der Waals surface area contributed by atoms with Gasteiger partial charge in [0, 0.05) is 24.3 Å². The Morgan fingerprint density at radius 3 is 2.85 bits per heavy atom. The molecule has 26 heavy (non-hydrogen) atoms. The topological polar surface area (TPSA) is 59.0 Å². The van der Waals surface area contributed by atoms with Gasteiger partial charge >= 0.3 is 6.03 Å². The molecule has 3 aliphatic rings. The molecule has 1 heterocycles. The van der Waals surface area contributed by atoms with E-state index in [1.165, 1.54) is 32.1 Å². The Morgan fingerprint density at radius 2 is 1.96 bits per heavy atom. The third kappa shape index (κ3) is 2.79. The molecule has 2 aromatic rings. The third-order valence-corrected chi connectivity index (χ3v) is 6.86. The Kier molecular flexibility index (Phi) is 3.95. The smallest absolute Gasteiger partial charge is 0.315 e. The number of nitrogens with zero attached hydrogens (tertiary/aromatic N) is 2. The van der Waals surface area contributed by atoms with Crippen molar-refractivity contribution in [1.29, 1.82) is 0 Å². The summed E-state index contributed by atoms with van der Waals surface area (Å²) in [4.78, 5) is 12.4. The molecule has 2 bridgehead atoms. The number of aromatic nitrogens is 2. The first-order valence-corrected chi connectivity index (χ1v) is 9.91. The number of fused-ring (bicyclic) bond motifs is 5. The molecule has 0 aliphatic heterocycles. The molecule has 2 amide bonds. The van der Waals surface area contributed by atoms with Crippen molar-refractivity contribution in [1.82, 2.24) is 20.4 Å². The van der Waals surface area contributed by atoms with Crippen molar-refractivity contribution in [3.8, 4) is 5.69 Å². The quantitative estimate of drug-likeness (QED) is 0.887. The van der Waals surface area contributed by atoms with Gasteiger partial charge in [-0.3, -0.25) is 0 Å². The first-order valence-electron chi connectivity index (χ1n) is 9.91. The van der Waals surface area contributed by atoms with Crippen LogP contribution in [0.1, 0.15) is 37.7 Å². The van der Waals surface area contributed by atoms with Crippen LogP contribution in [0.5, 0.6) is 0 Å². The molecule has 0 unspecified atom stereocenters. The standard InChI is InChI=1S/C21H26N4O/c26-21(24-20-10-15-9-19(20)18-8-4-7-17(15)18)22-11-14-12-23-25(13-14)16-5-2-1-3-6-16/h1-3,5-6,12-13,15,17-20H,4,7-11H2,(H2,22,24,26)/t15-,17+,18-,19+,20-/m1/s1. The summed E-state index contributed by atoms with van der Waals surface area (Å²) >= 11 is 0. The summed E-state index contributed by atoms with van der Waals surface area (Å²) in [7, 11) is 0. The normalized spacial score (nSPS) is 31.8. The second-order valence-corrected chi connectivity index (χ2v) is 8.22. The van der Waals surface area contributed by atoms with Gasteiger partial charge in [-0.15, -0.1) is 0 Å². The summed E-state index contributed by atoms with van der Waals surface area (Å²) in [5, 5.41) is 10.6. The lowest BCUT2D eigenvalue weighted by molar-refractivity contribution is 0.197. The highest BCUT2D eigenvalue weighted by Crippen LogP contribution is 2.58. The van der Waals surface area contributed by atoms with Gasteiger partial charge in [0.05, 0.1) is 11.9 Å². The average molecular weight is 350 g/mol. The van der Waals surface area contributed by atoms with Crippen LogP contribution >= 0.6 is 0 Å². The van der Waals surface area contributed by atoms with Crippen LogP contribution in [-0.2, 0) is 6.54 Å². The van der Waals surface area contributed by atoms with Crippen molar-refractivity contribution in [3.05, 3.63) is 48.3 Å². The van der Waals surface area contributed by atoms with Crippen LogP contribution in [-0.4, -0.2) is 21.9 Å². The summed E-state index contributed by atoms with van der Waals surface area (Å²) in [6.07, 6.45) is 10.5. The van der Waals surface area contributed by atoms with E-state index >= 15 is 0 Å². The maximum absolute atomic E-state index is 12.4. The van der Waals surface area contributed by atoms with Gasteiger partial charge in [0.25, 0.3) is 0 Å². The van der Waals surface area contributed by atoms with E-state index in [9.17, 15) is 4.79 Å². The van der Waals surface area contributed by atoms with Gasteiger partial charge in [-0.25, -0.2) is 9.48 Å². The maximum Gasteiger partial charge on any atom is 0.315 e. The van der Waals surface area contributed by atoms with Crippen LogP contribution in [0, 0.1) is 23.7 Å². The highest BCUT2D eigenvalue weighted by atomic mass is 16.2. The molecule has 5 rings (SSSR count). The molecule has 3 fully saturated rings. The highest BCUT2D eigenvalue weighted by molar-refractivity contribution is 5.74. The summed E-state index contributed by atoms with van der Waals surface area (Å²) in [6.45, 7) is 0.505. The number of carbonyl (C=O) groups is 1. The number of urea groups is 1. The second-order valence-electron chi connectivity index (χ2n) is 8.22. The predicted molar refractivity (Wildman–Crippen MR) is 99.8 cm³/mol. The third-order valence-electron chi connectivity index (χ3n) is 6.86. The van der Waals surface area contributed by atoms with E-state index in [0.29, 0.717) is 12.6 Å². The maximum atomic E-state index is 12.4. The highest BCUT2D eigenvalue weighted by Gasteiger charge is 2.54. The lowest BCUT2D eigenvalue weighted by Gasteiger charge is -2.32. The number of benzene rings is 1. The van der Waals surface area contributed by atoms with E-state index in [1.54, 1.807) is 0 Å². The SMILES string of the molecule is O=C(NCc1cnn(-c2ccccc2)c1)N[C@@H]1C[C@H]2C[C@H]1[C@@H]1CCC[C@@H]21. The number of hydrogen-bond donors (Lipinski definition) is 2. The Bertz CT molecular complexity index is 786. The zero-order valence-electron chi connectivity index (χ0n) is 15.0. The molecule has 0 spiro atoms. The van der Waals surface area contributed by atoms with Crippen molar-refractivity contribution in [3.63, 3.8) is 0 Å². The molecule has 1 aromatic heterocycles. The molecule has 3 aliphatic carbocycles. The van der Waals surface area contributed by atoms with E-state index in [0.717, 1.165) is 34.9 Å². The Balaban J connectivity index is 1.15. The first kappa shape index (κ1) is 15.9. The molecule has 5 heteroatoms. The Labute approximate surface area is 154 Å². The van der Waals surface area contributed by atoms with Crippen molar-refractivity contribution >= 4 is 6.03 Å². The van der Waals surface area contributed by atoms with Crippen molar-refractivity contribution in [2.45, 2.75) is 44.7 Å². The molecular weight excluding hydrogens is 324 g/mol. The van der Waals surface area contributed by atoms with Crippen LogP contribution < -0.4 is 10.6 Å². The fourth-order valence-electron chi connectivity index (χ4n) is 5.81. The van der Waals surface area contributed by atoms with Gasteiger partial charge in [-0.05, 0) is 61.5 Å². The van der Waals surface area contributed by atoms with E-state index in [4.69, 9.17) is 0 Å². The zero-order chi connectivity index (χ0) is 17.5. The van der Waals surface area contributed by atoms with Crippen molar-refractivity contribution in [2.75, 3.05) is 0 Å². The van der Waals surface area contributed by atoms with Crippen LogP contribution in [0.15, 0.2) is 42.7 Å². The lowest BCUT2D eigenvalue weighted by atomic mass is 9.79. The zero-order valence-corrected chi connectivity index (χ0v) is 15.0. The minimum atomic E-state index is -0.0374. The Morgan fingerprint density at radius 1 is 1.12 bits per heavy atom. The van der Waals surface area contributed by atoms with Crippen LogP contribution in [0.25, 0.3) is 5.69 Å². The second kappa shape index (κ2) is 6.45. The summed E-state index contributed by atoms with van der Waals surface area (Å²) in [6, 6.07) is 10.4. The van der Waals surface area contributed by atoms with Crippen molar-refractivity contribution in [2.24, 2.45) is 23.7 Å². The molecule has 3 saturated carbocycles. The summed E-state index contributed by atoms with van der Waals surface area (Å²) < 4.78 is 1.84. The monoisotopic (exact) mass is 350 g/mol. The minimum absolute atomic E-state index is 0.0374. The summed E-state index contributed by atoms with van der Waals surface area (Å²) in [5.74, 6) is 3.43. The van der Waals surface area contributed by atoms with Crippen LogP contribution in [0.4, 0.5) is 4.79 Å². The molecule has 5 nitrogen and oxygen atoms in total. The van der Waals surface area contributed by atoms with E-state index in [1.807, 2.05) is 47.4 Å². The predicted octanol–water partition coefficient (Wildman–Crippen LogP) is 3.50. The lowest BCUT2D eigenvalue weighted by Crippen LogP contribution is -2.46. The van der Waals surface area contributed by atoms with Gasteiger partial charge in [-0.2, -0.15) is 5.10 Å². The molecule has 0 radical (unpaired) electrons. The number of carbonyl (C=O) groups excluding carboxylic acids is 1. The number of hydrogen-bond acceptors (Lipinski definition) is 2. The van der Waals surface area contributed by atoms with Gasteiger partial charge in [0.15, 0.2) is 0 Å². The first-order chi connectivity index (χ1) is 12.8. The molecule has 5 atom stereocenters. The molecular formula is C21H26N4O. The molecule has 1 aromatic carbocycles. The molecule has 2 N–H and O–H groups in total. The number of amides is 2. The van der Waals surface area contributed by atoms with E-state index in [2.05, 4.69) is 15.7 Å². The fourth-order valence-corrected chi connectivity index (χ4v) is 5.81. The van der Waals surface area contributed by atoms with E-state index in [-0.39, 0.29) is 6.03 Å². The number of rotatable bonds is 4. The van der Waals surface area contributed by atoms with Crippen molar-refractivity contribution < 1.29 is 4.79 Å². The van der Waals surface area contributed by atoms with Gasteiger partial charge in [-0.1, -0.05) is 24.6 Å². The fraction of sp³-hybridized carbons (Fsp3) is 0.524. The van der Waals surface area contributed by atoms with Crippen LogP contribution in [0.3, 0.4) is 0 Å².